The first-order chi connectivity index (χ1) is 8.04. The molecule has 96 valence electrons. The van der Waals surface area contributed by atoms with Crippen LogP contribution in [0.5, 0.6) is 0 Å². The number of carbonyl (C=O) groups is 1. The summed E-state index contributed by atoms with van der Waals surface area (Å²) in [6, 6.07) is 2.85. The molecular formula is C11H16F2N2O2. The van der Waals surface area contributed by atoms with Gasteiger partial charge in [0.05, 0.1) is 6.54 Å². The molecule has 1 rings (SSSR count). The van der Waals surface area contributed by atoms with Gasteiger partial charge in [-0.2, -0.15) is 0 Å². The van der Waals surface area contributed by atoms with E-state index >= 15 is 0 Å². The van der Waals surface area contributed by atoms with Gasteiger partial charge in [0.15, 0.2) is 0 Å². The molecule has 6 heteroatoms. The van der Waals surface area contributed by atoms with Crippen molar-refractivity contribution >= 4 is 5.91 Å². The van der Waals surface area contributed by atoms with Crippen LogP contribution in [0, 0.1) is 0 Å². The fourth-order valence-electron chi connectivity index (χ4n) is 1.49. The van der Waals surface area contributed by atoms with Gasteiger partial charge in [-0.05, 0) is 25.5 Å². The highest BCUT2D eigenvalue weighted by molar-refractivity contribution is 5.92. The maximum Gasteiger partial charge on any atom is 0.268 e. The molecule has 0 saturated carbocycles. The van der Waals surface area contributed by atoms with E-state index in [0.29, 0.717) is 6.42 Å². The highest BCUT2D eigenvalue weighted by Crippen LogP contribution is 2.07. The monoisotopic (exact) mass is 246 g/mol. The van der Waals surface area contributed by atoms with Crippen LogP contribution in [0.4, 0.5) is 8.78 Å². The van der Waals surface area contributed by atoms with Gasteiger partial charge in [0.1, 0.15) is 5.69 Å². The summed E-state index contributed by atoms with van der Waals surface area (Å²) >= 11 is 0. The van der Waals surface area contributed by atoms with E-state index in [1.54, 1.807) is 13.0 Å². The Morgan fingerprint density at radius 1 is 1.59 bits per heavy atom. The van der Waals surface area contributed by atoms with Crippen LogP contribution in [0.3, 0.4) is 0 Å². The molecule has 0 aliphatic carbocycles. The second-order valence-electron chi connectivity index (χ2n) is 3.82. The Morgan fingerprint density at radius 3 is 2.88 bits per heavy atom. The molecule has 0 aromatic carbocycles. The lowest BCUT2D eigenvalue weighted by molar-refractivity contribution is 0.0912. The molecule has 1 unspecified atom stereocenters. The van der Waals surface area contributed by atoms with Crippen LogP contribution in [0.1, 0.15) is 23.8 Å². The zero-order chi connectivity index (χ0) is 12.8. The molecule has 1 aromatic heterocycles. The fourth-order valence-corrected chi connectivity index (χ4v) is 1.49. The van der Waals surface area contributed by atoms with E-state index in [2.05, 4.69) is 5.32 Å². The van der Waals surface area contributed by atoms with Crippen LogP contribution in [0.2, 0.25) is 0 Å². The molecule has 17 heavy (non-hydrogen) atoms. The van der Waals surface area contributed by atoms with Crippen LogP contribution < -0.4 is 5.32 Å². The van der Waals surface area contributed by atoms with E-state index in [1.165, 1.54) is 16.8 Å². The summed E-state index contributed by atoms with van der Waals surface area (Å²) in [6.07, 6.45) is -0.622. The van der Waals surface area contributed by atoms with Crippen molar-refractivity contribution in [3.8, 4) is 0 Å². The van der Waals surface area contributed by atoms with Crippen molar-refractivity contribution in [2.24, 2.45) is 0 Å². The third-order valence-corrected chi connectivity index (χ3v) is 2.34. The molecule has 2 N–H and O–H groups in total. The van der Waals surface area contributed by atoms with E-state index in [0.717, 1.165) is 0 Å². The van der Waals surface area contributed by atoms with Gasteiger partial charge in [-0.25, -0.2) is 8.78 Å². The van der Waals surface area contributed by atoms with Gasteiger partial charge >= 0.3 is 0 Å². The van der Waals surface area contributed by atoms with E-state index in [4.69, 9.17) is 5.11 Å². The second kappa shape index (κ2) is 6.34. The fraction of sp³-hybridized carbons (Fsp3) is 0.545. The summed E-state index contributed by atoms with van der Waals surface area (Å²) in [5.74, 6) is -0.406. The van der Waals surface area contributed by atoms with Crippen LogP contribution in [-0.2, 0) is 6.54 Å². The third kappa shape index (κ3) is 4.14. The van der Waals surface area contributed by atoms with Crippen molar-refractivity contribution in [3.63, 3.8) is 0 Å². The Morgan fingerprint density at radius 2 is 2.29 bits per heavy atom. The predicted octanol–water partition coefficient (Wildman–Crippen LogP) is 1.25. The number of nitrogens with one attached hydrogen (secondary N) is 1. The number of amides is 1. The lowest BCUT2D eigenvalue weighted by atomic mass is 10.2. The van der Waals surface area contributed by atoms with Crippen molar-refractivity contribution < 1.29 is 18.7 Å². The molecule has 1 aromatic rings. The topological polar surface area (TPSA) is 54.3 Å². The SMILES string of the molecule is CC(CCO)NC(=O)c1cccn1CC(F)F. The van der Waals surface area contributed by atoms with Gasteiger partial charge in [0.2, 0.25) is 0 Å². The van der Waals surface area contributed by atoms with Crippen molar-refractivity contribution in [1.82, 2.24) is 9.88 Å². The number of carbonyl (C=O) groups excluding carboxylic acids is 1. The summed E-state index contributed by atoms with van der Waals surface area (Å²) in [6.45, 7) is 1.22. The molecule has 0 fully saturated rings. The first kappa shape index (κ1) is 13.6. The first-order valence-electron chi connectivity index (χ1n) is 5.39. The van der Waals surface area contributed by atoms with Crippen LogP contribution in [0.25, 0.3) is 0 Å². The molecule has 0 saturated heterocycles. The average Bonchev–Trinajstić information content (AvgIpc) is 2.65. The molecule has 1 heterocycles. The normalized spacial score (nSPS) is 12.8. The number of halogens is 2. The lowest BCUT2D eigenvalue weighted by Crippen LogP contribution is -2.34. The van der Waals surface area contributed by atoms with E-state index in [1.807, 2.05) is 0 Å². The van der Waals surface area contributed by atoms with Gasteiger partial charge in [-0.3, -0.25) is 4.79 Å². The van der Waals surface area contributed by atoms with Crippen molar-refractivity contribution in [2.45, 2.75) is 32.4 Å². The molecule has 0 radical (unpaired) electrons. The van der Waals surface area contributed by atoms with Gasteiger partial charge in [0, 0.05) is 18.8 Å². The Balaban J connectivity index is 2.65. The van der Waals surface area contributed by atoms with Crippen molar-refractivity contribution in [2.75, 3.05) is 6.61 Å². The summed E-state index contributed by atoms with van der Waals surface area (Å²) in [5, 5.41) is 11.3. The number of aliphatic hydroxyl groups excluding tert-OH is 1. The van der Waals surface area contributed by atoms with Gasteiger partial charge < -0.3 is 15.0 Å². The highest BCUT2D eigenvalue weighted by atomic mass is 19.3. The molecule has 1 amide bonds. The zero-order valence-electron chi connectivity index (χ0n) is 9.57. The second-order valence-corrected chi connectivity index (χ2v) is 3.82. The van der Waals surface area contributed by atoms with E-state index in [-0.39, 0.29) is 18.3 Å². The predicted molar refractivity (Wildman–Crippen MR) is 59.1 cm³/mol. The Hall–Kier alpha value is -1.43. The third-order valence-electron chi connectivity index (χ3n) is 2.34. The summed E-state index contributed by atoms with van der Waals surface area (Å²) in [5.41, 5.74) is 0.204. The van der Waals surface area contributed by atoms with Crippen LogP contribution in [-0.4, -0.2) is 34.7 Å². The molecule has 0 spiro atoms. The standard InChI is InChI=1S/C11H16F2N2O2/c1-8(4-6-16)14-11(17)9-3-2-5-15(9)7-10(12)13/h2-3,5,8,10,16H,4,6-7H2,1H3,(H,14,17). The zero-order valence-corrected chi connectivity index (χ0v) is 9.57. The average molecular weight is 246 g/mol. The molecule has 0 aliphatic heterocycles. The molecule has 1 atom stereocenters. The minimum absolute atomic E-state index is 0.0283. The maximum atomic E-state index is 12.2. The smallest absolute Gasteiger partial charge is 0.268 e. The number of hydrogen-bond acceptors (Lipinski definition) is 2. The van der Waals surface area contributed by atoms with Gasteiger partial charge in [-0.1, -0.05) is 0 Å². The minimum atomic E-state index is -2.50. The maximum absolute atomic E-state index is 12.2. The highest BCUT2D eigenvalue weighted by Gasteiger charge is 2.15. The van der Waals surface area contributed by atoms with Crippen molar-refractivity contribution in [1.29, 1.82) is 0 Å². The molecule has 0 bridgehead atoms. The van der Waals surface area contributed by atoms with Gasteiger partial charge in [0.25, 0.3) is 12.3 Å². The molecular weight excluding hydrogens is 230 g/mol. The number of rotatable bonds is 6. The Bertz CT molecular complexity index is 366. The summed E-state index contributed by atoms with van der Waals surface area (Å²) < 4.78 is 25.7. The number of nitrogens with zero attached hydrogens (tertiary/aromatic N) is 1. The van der Waals surface area contributed by atoms with E-state index in [9.17, 15) is 13.6 Å². The largest absolute Gasteiger partial charge is 0.396 e. The minimum Gasteiger partial charge on any atom is -0.396 e. The lowest BCUT2D eigenvalue weighted by Gasteiger charge is -2.14. The molecule has 0 aliphatic rings. The Kier molecular flexibility index (Phi) is 5.09. The molecule has 4 nitrogen and oxygen atoms in total. The van der Waals surface area contributed by atoms with Gasteiger partial charge in [-0.15, -0.1) is 0 Å². The number of hydrogen-bond donors (Lipinski definition) is 2. The van der Waals surface area contributed by atoms with Crippen LogP contribution >= 0.6 is 0 Å². The summed E-state index contributed by atoms with van der Waals surface area (Å²) in [4.78, 5) is 11.7. The quantitative estimate of drug-likeness (QED) is 0.793. The number of aliphatic hydroxyl groups is 1. The number of aromatic nitrogens is 1. The Labute approximate surface area is 98.2 Å². The number of alkyl halides is 2. The van der Waals surface area contributed by atoms with Crippen molar-refractivity contribution in [3.05, 3.63) is 24.0 Å². The van der Waals surface area contributed by atoms with Crippen LogP contribution in [0.15, 0.2) is 18.3 Å². The summed E-state index contributed by atoms with van der Waals surface area (Å²) in [7, 11) is 0. The first-order valence-corrected chi connectivity index (χ1v) is 5.39. The van der Waals surface area contributed by atoms with E-state index < -0.39 is 18.9 Å².